The fourth-order valence-electron chi connectivity index (χ4n) is 2.50. The molecule has 0 aliphatic carbocycles. The molecule has 1 amide bonds. The summed E-state index contributed by atoms with van der Waals surface area (Å²) in [5.74, 6) is 0.609. The molecule has 0 spiro atoms. The van der Waals surface area contributed by atoms with Crippen LogP contribution < -0.4 is 5.32 Å². The van der Waals surface area contributed by atoms with Crippen LogP contribution in [0, 0.1) is 0 Å². The third-order valence-corrected chi connectivity index (χ3v) is 3.55. The summed E-state index contributed by atoms with van der Waals surface area (Å²) in [4.78, 5) is 24.4. The van der Waals surface area contributed by atoms with Gasteiger partial charge in [0.2, 0.25) is 0 Å². The second-order valence-corrected chi connectivity index (χ2v) is 4.82. The van der Waals surface area contributed by atoms with Gasteiger partial charge in [-0.25, -0.2) is 9.97 Å². The van der Waals surface area contributed by atoms with Crippen LogP contribution in [0.1, 0.15) is 35.8 Å². The Morgan fingerprint density at radius 3 is 3.10 bits per heavy atom. The Kier molecular flexibility index (Phi) is 3.92. The van der Waals surface area contributed by atoms with Crippen molar-refractivity contribution in [1.82, 2.24) is 24.8 Å². The number of hydrogen-bond donors (Lipinski definition) is 1. The molecule has 7 nitrogen and oxygen atoms in total. The second kappa shape index (κ2) is 6.01. The van der Waals surface area contributed by atoms with E-state index >= 15 is 0 Å². The van der Waals surface area contributed by atoms with Gasteiger partial charge in [0.1, 0.15) is 17.6 Å². The zero-order valence-corrected chi connectivity index (χ0v) is 11.8. The van der Waals surface area contributed by atoms with Gasteiger partial charge >= 0.3 is 0 Å². The minimum atomic E-state index is -0.238. The Hall–Kier alpha value is -2.28. The van der Waals surface area contributed by atoms with Crippen molar-refractivity contribution in [2.75, 3.05) is 6.61 Å². The number of amides is 1. The van der Waals surface area contributed by atoms with E-state index in [2.05, 4.69) is 20.3 Å². The number of aromatic nitrogens is 4. The summed E-state index contributed by atoms with van der Waals surface area (Å²) < 4.78 is 7.78. The molecule has 21 heavy (non-hydrogen) atoms. The third-order valence-electron chi connectivity index (χ3n) is 3.55. The monoisotopic (exact) mass is 287 g/mol. The normalized spacial score (nSPS) is 21.4. The summed E-state index contributed by atoms with van der Waals surface area (Å²) in [6.07, 6.45) is 8.69. The SMILES string of the molecule is CCn1ccnc1[C@H]1OCC[C@@H]1NC(=O)c1cnccn1. The average Bonchev–Trinajstić information content (AvgIpc) is 3.16. The molecule has 1 N–H and O–H groups in total. The van der Waals surface area contributed by atoms with Gasteiger partial charge in [0.25, 0.3) is 5.91 Å². The number of nitrogens with zero attached hydrogens (tertiary/aromatic N) is 4. The highest BCUT2D eigenvalue weighted by molar-refractivity contribution is 5.92. The number of hydrogen-bond acceptors (Lipinski definition) is 5. The van der Waals surface area contributed by atoms with Crippen LogP contribution >= 0.6 is 0 Å². The highest BCUT2D eigenvalue weighted by Crippen LogP contribution is 2.28. The molecule has 7 heteroatoms. The van der Waals surface area contributed by atoms with E-state index in [-0.39, 0.29) is 18.1 Å². The lowest BCUT2D eigenvalue weighted by molar-refractivity contribution is 0.0772. The lowest BCUT2D eigenvalue weighted by Crippen LogP contribution is -2.38. The summed E-state index contributed by atoms with van der Waals surface area (Å²) in [7, 11) is 0. The zero-order valence-electron chi connectivity index (χ0n) is 11.8. The maximum atomic E-state index is 12.2. The summed E-state index contributed by atoms with van der Waals surface area (Å²) in [6.45, 7) is 3.47. The van der Waals surface area contributed by atoms with E-state index in [4.69, 9.17) is 4.74 Å². The zero-order chi connectivity index (χ0) is 14.7. The van der Waals surface area contributed by atoms with E-state index in [0.717, 1.165) is 18.8 Å². The maximum absolute atomic E-state index is 12.2. The van der Waals surface area contributed by atoms with E-state index < -0.39 is 0 Å². The predicted molar refractivity (Wildman–Crippen MR) is 74.5 cm³/mol. The van der Waals surface area contributed by atoms with Crippen LogP contribution in [0.15, 0.2) is 31.0 Å². The molecule has 0 bridgehead atoms. The lowest BCUT2D eigenvalue weighted by atomic mass is 10.1. The molecule has 3 rings (SSSR count). The Labute approximate surface area is 122 Å². The molecule has 2 aromatic rings. The van der Waals surface area contributed by atoms with Crippen molar-refractivity contribution < 1.29 is 9.53 Å². The summed E-state index contributed by atoms with van der Waals surface area (Å²) >= 11 is 0. The van der Waals surface area contributed by atoms with Crippen molar-refractivity contribution in [3.05, 3.63) is 42.5 Å². The molecule has 1 fully saturated rings. The fourth-order valence-corrected chi connectivity index (χ4v) is 2.50. The van der Waals surface area contributed by atoms with E-state index in [9.17, 15) is 4.79 Å². The number of nitrogens with one attached hydrogen (secondary N) is 1. The van der Waals surface area contributed by atoms with E-state index in [1.165, 1.54) is 18.6 Å². The summed E-state index contributed by atoms with van der Waals surface area (Å²) in [6, 6.07) is -0.104. The lowest BCUT2D eigenvalue weighted by Gasteiger charge is -2.20. The highest BCUT2D eigenvalue weighted by atomic mass is 16.5. The third kappa shape index (κ3) is 2.78. The molecular weight excluding hydrogens is 270 g/mol. The van der Waals surface area contributed by atoms with E-state index in [0.29, 0.717) is 12.3 Å². The van der Waals surface area contributed by atoms with Gasteiger partial charge in [-0.05, 0) is 13.3 Å². The molecule has 0 saturated carbocycles. The Balaban J connectivity index is 1.74. The minimum absolute atomic E-state index is 0.104. The molecule has 110 valence electrons. The van der Waals surface area contributed by atoms with Gasteiger partial charge in [-0.15, -0.1) is 0 Å². The number of ether oxygens (including phenoxy) is 1. The van der Waals surface area contributed by atoms with Crippen molar-refractivity contribution in [3.8, 4) is 0 Å². The van der Waals surface area contributed by atoms with Crippen LogP contribution in [0.5, 0.6) is 0 Å². The van der Waals surface area contributed by atoms with Gasteiger partial charge in [-0.3, -0.25) is 9.78 Å². The average molecular weight is 287 g/mol. The van der Waals surface area contributed by atoms with Crippen LogP contribution in [-0.2, 0) is 11.3 Å². The smallest absolute Gasteiger partial charge is 0.271 e. The standard InChI is InChI=1S/C14H17N5O2/c1-2-19-7-6-17-13(19)12-10(3-8-21-12)18-14(20)11-9-15-4-5-16-11/h4-7,9-10,12H,2-3,8H2,1H3,(H,18,20)/t10-,12-/m0/s1. The Morgan fingerprint density at radius 2 is 2.33 bits per heavy atom. The molecule has 1 saturated heterocycles. The highest BCUT2D eigenvalue weighted by Gasteiger charge is 2.34. The van der Waals surface area contributed by atoms with Crippen molar-refractivity contribution in [2.24, 2.45) is 0 Å². The first kappa shape index (κ1) is 13.7. The van der Waals surface area contributed by atoms with Crippen molar-refractivity contribution in [1.29, 1.82) is 0 Å². The Morgan fingerprint density at radius 1 is 1.43 bits per heavy atom. The van der Waals surface area contributed by atoms with Crippen LogP contribution in [-0.4, -0.2) is 38.1 Å². The van der Waals surface area contributed by atoms with Crippen LogP contribution in [0.4, 0.5) is 0 Å². The molecule has 0 aromatic carbocycles. The number of carbonyl (C=O) groups is 1. The fraction of sp³-hybridized carbons (Fsp3) is 0.429. The molecule has 2 atom stereocenters. The molecule has 0 radical (unpaired) electrons. The molecular formula is C14H17N5O2. The van der Waals surface area contributed by atoms with Gasteiger partial charge in [-0.1, -0.05) is 0 Å². The quantitative estimate of drug-likeness (QED) is 0.905. The van der Waals surface area contributed by atoms with Gasteiger partial charge in [0.15, 0.2) is 0 Å². The number of rotatable bonds is 4. The first-order valence-electron chi connectivity index (χ1n) is 6.99. The minimum Gasteiger partial charge on any atom is -0.368 e. The number of imidazole rings is 1. The first-order chi connectivity index (χ1) is 10.3. The summed E-state index contributed by atoms with van der Waals surface area (Å²) in [5.41, 5.74) is 0.307. The topological polar surface area (TPSA) is 81.9 Å². The molecule has 1 aliphatic rings. The van der Waals surface area contributed by atoms with Crippen molar-refractivity contribution in [2.45, 2.75) is 32.0 Å². The summed E-state index contributed by atoms with van der Waals surface area (Å²) in [5, 5.41) is 2.97. The number of carbonyl (C=O) groups excluding carboxylic acids is 1. The van der Waals surface area contributed by atoms with Crippen LogP contribution in [0.3, 0.4) is 0 Å². The van der Waals surface area contributed by atoms with Gasteiger partial charge in [0.05, 0.1) is 12.2 Å². The van der Waals surface area contributed by atoms with Crippen molar-refractivity contribution >= 4 is 5.91 Å². The number of aryl methyl sites for hydroxylation is 1. The van der Waals surface area contributed by atoms with E-state index in [1.807, 2.05) is 17.7 Å². The Bertz CT molecular complexity index is 613. The van der Waals surface area contributed by atoms with Crippen LogP contribution in [0.25, 0.3) is 0 Å². The molecule has 0 unspecified atom stereocenters. The van der Waals surface area contributed by atoms with Gasteiger partial charge in [-0.2, -0.15) is 0 Å². The van der Waals surface area contributed by atoms with E-state index in [1.54, 1.807) is 6.20 Å². The molecule has 2 aromatic heterocycles. The van der Waals surface area contributed by atoms with Gasteiger partial charge < -0.3 is 14.6 Å². The van der Waals surface area contributed by atoms with Crippen molar-refractivity contribution in [3.63, 3.8) is 0 Å². The first-order valence-corrected chi connectivity index (χ1v) is 6.99. The second-order valence-electron chi connectivity index (χ2n) is 4.82. The van der Waals surface area contributed by atoms with Crippen LogP contribution in [0.2, 0.25) is 0 Å². The largest absolute Gasteiger partial charge is 0.368 e. The van der Waals surface area contributed by atoms with Gasteiger partial charge in [0, 0.05) is 37.9 Å². The molecule has 1 aliphatic heterocycles. The maximum Gasteiger partial charge on any atom is 0.271 e. The molecule has 3 heterocycles. The predicted octanol–water partition coefficient (Wildman–Crippen LogP) is 0.953.